The van der Waals surface area contributed by atoms with Crippen LogP contribution in [0.5, 0.6) is 57.5 Å². The number of esters is 1. The lowest BCUT2D eigenvalue weighted by atomic mass is 9.71. The molecular weight excluding hydrogens is 1330 g/mol. The minimum atomic E-state index is -5.28. The van der Waals surface area contributed by atoms with Crippen molar-refractivity contribution in [2.75, 3.05) is 82.8 Å². The number of rotatable bonds is 19. The molecule has 0 aliphatic carbocycles. The van der Waals surface area contributed by atoms with Crippen molar-refractivity contribution in [3.63, 3.8) is 0 Å². The summed E-state index contributed by atoms with van der Waals surface area (Å²) in [4.78, 5) is 48.0. The molecule has 8 aliphatic heterocycles. The van der Waals surface area contributed by atoms with Gasteiger partial charge in [-0.3, -0.25) is 29.2 Å². The zero-order valence-corrected chi connectivity index (χ0v) is 58.6. The molecule has 6 aromatic rings. The quantitative estimate of drug-likeness (QED) is 0.0387. The van der Waals surface area contributed by atoms with Crippen LogP contribution in [0.3, 0.4) is 0 Å². The van der Waals surface area contributed by atoms with Crippen molar-refractivity contribution in [3.8, 4) is 69.6 Å². The number of amides is 2. The van der Waals surface area contributed by atoms with Gasteiger partial charge in [-0.05, 0) is 114 Å². The van der Waals surface area contributed by atoms with E-state index in [1.807, 2.05) is 99.4 Å². The first-order chi connectivity index (χ1) is 49.2. The average Bonchev–Trinajstić information content (AvgIpc) is 1.64. The number of carbonyl (C=O) groups excluding carboxylic acids is 3. The lowest BCUT2D eigenvalue weighted by Crippen LogP contribution is -2.68. The van der Waals surface area contributed by atoms with Crippen LogP contribution in [0, 0.1) is 50.4 Å². The van der Waals surface area contributed by atoms with E-state index in [4.69, 9.17) is 52.1 Å². The molecule has 8 heterocycles. The molecule has 6 aromatic carbocycles. The van der Waals surface area contributed by atoms with E-state index in [9.17, 15) is 43.2 Å². The van der Waals surface area contributed by atoms with Gasteiger partial charge in [0, 0.05) is 109 Å². The fourth-order valence-corrected chi connectivity index (χ4v) is 17.2. The highest BCUT2D eigenvalue weighted by Gasteiger charge is 2.60. The Balaban J connectivity index is 0.000000193. The summed E-state index contributed by atoms with van der Waals surface area (Å²) in [5, 5.41) is 39.8. The minimum absolute atomic E-state index is 0. The van der Waals surface area contributed by atoms with Gasteiger partial charge in [0.05, 0.1) is 50.5 Å². The van der Waals surface area contributed by atoms with E-state index < -0.39 is 48.4 Å². The second-order valence-electron chi connectivity index (χ2n) is 27.0. The molecule has 26 heteroatoms. The van der Waals surface area contributed by atoms with E-state index in [1.54, 1.807) is 21.3 Å². The second kappa shape index (κ2) is 30.0. The molecule has 103 heavy (non-hydrogen) atoms. The van der Waals surface area contributed by atoms with Crippen molar-refractivity contribution in [2.24, 2.45) is 0 Å². The molecule has 0 saturated carbocycles. The van der Waals surface area contributed by atoms with Gasteiger partial charge < -0.3 is 67.8 Å². The molecule has 8 aliphatic rings. The van der Waals surface area contributed by atoms with Crippen molar-refractivity contribution in [3.05, 3.63) is 151 Å². The van der Waals surface area contributed by atoms with Crippen LogP contribution in [0.15, 0.2) is 72.8 Å². The number of hydrogen-bond donors (Lipinski definition) is 3. The maximum atomic E-state index is 13.8. The Kier molecular flexibility index (Phi) is 21.4. The Morgan fingerprint density at radius 1 is 0.573 bits per heavy atom. The molecule has 10 atom stereocenters. The van der Waals surface area contributed by atoms with E-state index in [0.717, 1.165) is 55.6 Å². The summed E-state index contributed by atoms with van der Waals surface area (Å²) < 4.78 is 105. The number of halogens is 3. The number of aryl methyl sites for hydroxylation is 4. The van der Waals surface area contributed by atoms with Gasteiger partial charge in [0.25, 0.3) is 0 Å². The third-order valence-electron chi connectivity index (χ3n) is 21.5. The molecule has 0 aromatic heterocycles. The molecule has 546 valence electrons. The number of alkyl halides is 3. The van der Waals surface area contributed by atoms with Crippen molar-refractivity contribution in [1.82, 2.24) is 30.2 Å². The fourth-order valence-electron chi connectivity index (χ4n) is 17.2. The van der Waals surface area contributed by atoms with E-state index in [1.165, 1.54) is 14.0 Å². The number of piperazine rings is 2. The summed E-state index contributed by atoms with van der Waals surface area (Å²) in [6.45, 7) is 7.23. The fraction of sp³-hybridized carbons (Fsp3) is 0.468. The topological polar surface area (TPSA) is 258 Å². The lowest BCUT2D eigenvalue weighted by molar-refractivity contribution is -0.189. The highest BCUT2D eigenvalue weighted by molar-refractivity contribution is 5.81. The number of nitrogens with one attached hydrogen (secondary N) is 2. The van der Waals surface area contributed by atoms with Crippen LogP contribution in [0.25, 0.3) is 0 Å². The molecular formula is C77H87F3N8O15. The Hall–Kier alpha value is -9.54. The number of aromatic hydroxyl groups is 1. The number of carbonyl (C=O) groups is 3. The summed E-state index contributed by atoms with van der Waals surface area (Å²) in [6.07, 6.45) is -2.09. The maximum absolute atomic E-state index is 13.8. The predicted molar refractivity (Wildman–Crippen MR) is 370 cm³/mol. The zero-order chi connectivity index (χ0) is 72.2. The summed E-state index contributed by atoms with van der Waals surface area (Å²) in [7, 11) is 10.2. The largest absolute Gasteiger partial charge is 0.507 e. The number of methoxy groups -OCH3 is 4. The molecule has 14 rings (SSSR count). The minimum Gasteiger partial charge on any atom is -0.507 e. The summed E-state index contributed by atoms with van der Waals surface area (Å²) in [6, 6.07) is 24.2. The SMILES string of the molecule is C.COCOc1c(OC)c(C)cc2c1[C@@H]1C3Cc4c(O)c(C)c5c(c4[C@H](CNC(=O)CCc4ccccc4)N3[C@@H](C#N)[C@H](C2)N1C)OCO5.COCOc1c(OC)c(C)cc2c1[C@@H]1C3Cc4c(OC(=O)C(F)(F)F)c(C)c5c(c4[C@H](CNC(=O)CCc4ccccc4)N3[C@@H](C#N)[C@H](C2)N1C)OCO5. The van der Waals surface area contributed by atoms with Gasteiger partial charge in [-0.15, -0.1) is 0 Å². The number of phenols is 1. The van der Waals surface area contributed by atoms with Crippen LogP contribution < -0.4 is 53.3 Å². The molecule has 2 fully saturated rings. The van der Waals surface area contributed by atoms with E-state index in [2.05, 4.69) is 50.6 Å². The van der Waals surface area contributed by atoms with Gasteiger partial charge in [0.15, 0.2) is 59.6 Å². The van der Waals surface area contributed by atoms with Crippen molar-refractivity contribution in [1.29, 1.82) is 10.5 Å². The van der Waals surface area contributed by atoms with Crippen LogP contribution in [-0.2, 0) is 62.4 Å². The number of phenolic OH excluding ortho intramolecular Hbond substituents is 1. The Morgan fingerprint density at radius 2 is 0.990 bits per heavy atom. The number of nitrogens with zero attached hydrogens (tertiary/aromatic N) is 6. The average molecular weight is 1420 g/mol. The van der Waals surface area contributed by atoms with Gasteiger partial charge in [0.2, 0.25) is 25.4 Å². The smallest absolute Gasteiger partial charge is 0.491 e. The number of ether oxygens (including phenoxy) is 11. The molecule has 2 saturated heterocycles. The first-order valence-corrected chi connectivity index (χ1v) is 34.1. The number of fused-ring (bicyclic) bond motifs is 18. The third kappa shape index (κ3) is 13.1. The number of hydrogen-bond acceptors (Lipinski definition) is 21. The van der Waals surface area contributed by atoms with E-state index in [0.29, 0.717) is 89.7 Å². The van der Waals surface area contributed by atoms with Gasteiger partial charge >= 0.3 is 12.1 Å². The summed E-state index contributed by atoms with van der Waals surface area (Å²) >= 11 is 0. The van der Waals surface area contributed by atoms with Crippen molar-refractivity contribution < 1.29 is 84.8 Å². The third-order valence-corrected chi connectivity index (χ3v) is 21.5. The summed E-state index contributed by atoms with van der Waals surface area (Å²) in [5.41, 5.74) is 10.7. The molecule has 3 N–H and O–H groups in total. The predicted octanol–water partition coefficient (Wildman–Crippen LogP) is 9.90. The normalized spacial score (nSPS) is 23.0. The Labute approximate surface area is 597 Å². The summed E-state index contributed by atoms with van der Waals surface area (Å²) in [5.74, 6) is 0.880. The first-order valence-electron chi connectivity index (χ1n) is 34.1. The maximum Gasteiger partial charge on any atom is 0.491 e. The zero-order valence-electron chi connectivity index (χ0n) is 58.6. The molecule has 4 bridgehead atoms. The van der Waals surface area contributed by atoms with Crippen LogP contribution in [-0.4, -0.2) is 168 Å². The molecule has 0 radical (unpaired) electrons. The van der Waals surface area contributed by atoms with Crippen LogP contribution >= 0.6 is 0 Å². The van der Waals surface area contributed by atoms with Crippen LogP contribution in [0.1, 0.15) is 122 Å². The van der Waals surface area contributed by atoms with Crippen LogP contribution in [0.4, 0.5) is 13.2 Å². The first kappa shape index (κ1) is 73.2. The van der Waals surface area contributed by atoms with Crippen molar-refractivity contribution >= 4 is 17.8 Å². The number of nitriles is 2. The number of benzene rings is 6. The highest BCUT2D eigenvalue weighted by atomic mass is 19.4. The lowest BCUT2D eigenvalue weighted by Gasteiger charge is -2.60. The van der Waals surface area contributed by atoms with E-state index in [-0.39, 0.29) is 125 Å². The Bertz CT molecular complexity index is 4320. The van der Waals surface area contributed by atoms with Crippen LogP contribution in [0.2, 0.25) is 0 Å². The molecule has 0 spiro atoms. The van der Waals surface area contributed by atoms with Gasteiger partial charge in [-0.1, -0.05) is 80.2 Å². The Morgan fingerprint density at radius 3 is 1.41 bits per heavy atom. The number of likely N-dealkylation sites (N-methyl/N-ethyl adjacent to an activating group) is 2. The standard InChI is InChI=1S/C39H41F3N4O8.C37H42N4O7.CH4/c1-20-13-23-14-25-27(16-43)46-26(32(45(25)3)30(23)36(33(20)50-5)51-18-49-4)15-24-31(28(46)17-44-29(47)12-11-22-9-7-6-8-10-22)37-35(52-19-53-37)21(2)34(24)54-38(48)39(40,41)42;1-20-13-23-14-25-27(16-38)41-26(32(40(25)3)30(23)36(34(20)45-5)46-18-44-4)15-24-31(37-35(47-19-48-37)21(2)33(24)43)28(41)17-39-29(42)12-11-22-9-7-6-8-10-22;/h6-10,13,25-28,32H,11-12,14-15,17-19H2,1-5H3,(H,44,47);6-10,13,25-28,32,43H,11-12,14-15,17-19H2,1-5H3,(H,39,42);1H4/t2*25-,26?,27-,28-,32-;/m00./s1. The van der Waals surface area contributed by atoms with Gasteiger partial charge in [-0.25, -0.2) is 4.79 Å². The second-order valence-corrected chi connectivity index (χ2v) is 27.0. The molecule has 23 nitrogen and oxygen atoms in total. The monoisotopic (exact) mass is 1420 g/mol. The molecule has 2 unspecified atom stereocenters. The molecule has 2 amide bonds. The highest BCUT2D eigenvalue weighted by Crippen LogP contribution is 2.61. The van der Waals surface area contributed by atoms with Gasteiger partial charge in [-0.2, -0.15) is 23.7 Å². The van der Waals surface area contributed by atoms with E-state index >= 15 is 0 Å². The van der Waals surface area contributed by atoms with Gasteiger partial charge in [0.1, 0.15) is 23.6 Å². The van der Waals surface area contributed by atoms with Crippen molar-refractivity contribution in [2.45, 2.75) is 153 Å².